The lowest BCUT2D eigenvalue weighted by atomic mass is 10.0. The van der Waals surface area contributed by atoms with Crippen molar-refractivity contribution in [3.63, 3.8) is 0 Å². The van der Waals surface area contributed by atoms with Crippen LogP contribution >= 0.6 is 11.3 Å². The summed E-state index contributed by atoms with van der Waals surface area (Å²) in [4.78, 5) is 12.2. The molecule has 0 saturated carbocycles. The first kappa shape index (κ1) is 19.7. The van der Waals surface area contributed by atoms with Gasteiger partial charge in [0.25, 0.3) is 5.91 Å². The zero-order chi connectivity index (χ0) is 19.3. The molecule has 7 heteroatoms. The van der Waals surface area contributed by atoms with Crippen LogP contribution in [0.25, 0.3) is 0 Å². The fourth-order valence-electron chi connectivity index (χ4n) is 3.03. The number of carbonyl (C=O) groups is 1. The molecule has 2 aromatic rings. The molecule has 0 saturated heterocycles. The lowest BCUT2D eigenvalue weighted by molar-refractivity contribution is -0.123. The molecular weight excluding hydrogens is 366 g/mol. The number of fused-ring (bicyclic) bond motifs is 1. The van der Waals surface area contributed by atoms with E-state index >= 15 is 0 Å². The smallest absolute Gasteiger partial charge is 0.258 e. The van der Waals surface area contributed by atoms with Crippen LogP contribution in [0.5, 0.6) is 11.5 Å². The van der Waals surface area contributed by atoms with E-state index in [0.29, 0.717) is 12.3 Å². The van der Waals surface area contributed by atoms with Gasteiger partial charge in [0.15, 0.2) is 18.1 Å². The van der Waals surface area contributed by atoms with Gasteiger partial charge in [-0.15, -0.1) is 0 Å². The van der Waals surface area contributed by atoms with Crippen molar-refractivity contribution in [2.24, 2.45) is 0 Å². The van der Waals surface area contributed by atoms with Crippen LogP contribution in [0.2, 0.25) is 0 Å². The van der Waals surface area contributed by atoms with Gasteiger partial charge in [-0.3, -0.25) is 4.79 Å². The van der Waals surface area contributed by atoms with Gasteiger partial charge >= 0.3 is 0 Å². The van der Waals surface area contributed by atoms with Crippen molar-refractivity contribution in [1.82, 2.24) is 5.32 Å². The van der Waals surface area contributed by atoms with Crippen LogP contribution in [-0.4, -0.2) is 43.0 Å². The molecule has 0 radical (unpaired) electrons. The molecule has 1 aromatic carbocycles. The van der Waals surface area contributed by atoms with Crippen LogP contribution in [0.15, 0.2) is 35.0 Å². The Bertz CT molecular complexity index is 760. The fraction of sp³-hybridized carbons (Fsp3) is 0.450. The molecule has 0 aliphatic carbocycles. The number of hydrogen-bond donors (Lipinski definition) is 2. The van der Waals surface area contributed by atoms with E-state index in [9.17, 15) is 4.79 Å². The Morgan fingerprint density at radius 3 is 3.00 bits per heavy atom. The van der Waals surface area contributed by atoms with E-state index in [1.54, 1.807) is 11.3 Å². The third-order valence-corrected chi connectivity index (χ3v) is 4.93. The van der Waals surface area contributed by atoms with E-state index < -0.39 is 0 Å². The molecule has 1 amide bonds. The van der Waals surface area contributed by atoms with Crippen molar-refractivity contribution >= 4 is 17.2 Å². The van der Waals surface area contributed by atoms with Crippen molar-refractivity contribution in [1.29, 1.82) is 0 Å². The summed E-state index contributed by atoms with van der Waals surface area (Å²) in [6.07, 6.45) is 0.522. The zero-order valence-corrected chi connectivity index (χ0v) is 16.4. The van der Waals surface area contributed by atoms with E-state index in [1.807, 2.05) is 48.9 Å². The molecule has 1 aromatic heterocycles. The van der Waals surface area contributed by atoms with Gasteiger partial charge in [0.05, 0.1) is 13.2 Å². The largest absolute Gasteiger partial charge is 0.483 e. The van der Waals surface area contributed by atoms with Crippen LogP contribution in [0.3, 0.4) is 0 Å². The number of aliphatic hydroxyl groups is 1. The van der Waals surface area contributed by atoms with Gasteiger partial charge in [0, 0.05) is 18.5 Å². The first-order valence-corrected chi connectivity index (χ1v) is 9.88. The maximum Gasteiger partial charge on any atom is 0.258 e. The standard InChI is InChI=1S/C20H25NO5S/c1-20(2)10-14-4-3-5-16(19(14)26-20)25-12-18(23)21-11-17(24-8-7-22)15-6-9-27-13-15/h3-6,9,13,17,22H,7-8,10-12H2,1-2H3,(H,21,23)/t17-/m1/s1. The number of rotatable bonds is 9. The maximum absolute atomic E-state index is 12.2. The Hall–Kier alpha value is -2.09. The number of thiophene rings is 1. The van der Waals surface area contributed by atoms with E-state index in [2.05, 4.69) is 5.32 Å². The summed E-state index contributed by atoms with van der Waals surface area (Å²) in [5, 5.41) is 15.7. The fourth-order valence-corrected chi connectivity index (χ4v) is 3.73. The van der Waals surface area contributed by atoms with Crippen molar-refractivity contribution < 1.29 is 24.1 Å². The molecule has 2 N–H and O–H groups in total. The molecule has 2 heterocycles. The van der Waals surface area contributed by atoms with Gasteiger partial charge in [-0.05, 0) is 42.3 Å². The Labute approximate surface area is 163 Å². The Kier molecular flexibility index (Phi) is 6.36. The second-order valence-corrected chi connectivity index (χ2v) is 7.80. The number of nitrogens with one attached hydrogen (secondary N) is 1. The van der Waals surface area contributed by atoms with Gasteiger partial charge in [-0.1, -0.05) is 12.1 Å². The van der Waals surface area contributed by atoms with E-state index in [0.717, 1.165) is 23.3 Å². The minimum Gasteiger partial charge on any atom is -0.483 e. The predicted octanol–water partition coefficient (Wildman–Crippen LogP) is 2.71. The van der Waals surface area contributed by atoms with E-state index in [1.165, 1.54) is 0 Å². The van der Waals surface area contributed by atoms with Crippen molar-refractivity contribution in [3.05, 3.63) is 46.2 Å². The Morgan fingerprint density at radius 1 is 1.41 bits per heavy atom. The summed E-state index contributed by atoms with van der Waals surface area (Å²) in [5.41, 5.74) is 1.81. The first-order chi connectivity index (χ1) is 13.0. The van der Waals surface area contributed by atoms with Crippen LogP contribution in [0, 0.1) is 0 Å². The minimum absolute atomic E-state index is 0.0623. The zero-order valence-electron chi connectivity index (χ0n) is 15.6. The molecule has 3 rings (SSSR count). The van der Waals surface area contributed by atoms with Crippen molar-refractivity contribution in [2.75, 3.05) is 26.4 Å². The summed E-state index contributed by atoms with van der Waals surface area (Å²) in [5.74, 6) is 1.06. The molecule has 1 aliphatic heterocycles. The van der Waals surface area contributed by atoms with Crippen LogP contribution in [-0.2, 0) is 16.0 Å². The third kappa shape index (κ3) is 5.22. The Morgan fingerprint density at radius 2 is 2.26 bits per heavy atom. The number of hydrogen-bond acceptors (Lipinski definition) is 6. The molecule has 1 atom stereocenters. The molecule has 1 aliphatic rings. The molecule has 0 bridgehead atoms. The summed E-state index contributed by atoms with van der Waals surface area (Å²) >= 11 is 1.56. The lowest BCUT2D eigenvalue weighted by Gasteiger charge is -2.19. The van der Waals surface area contributed by atoms with Crippen LogP contribution < -0.4 is 14.8 Å². The highest BCUT2D eigenvalue weighted by molar-refractivity contribution is 7.07. The lowest BCUT2D eigenvalue weighted by Crippen LogP contribution is -2.33. The number of amides is 1. The Balaban J connectivity index is 1.52. The van der Waals surface area contributed by atoms with Crippen LogP contribution in [0.4, 0.5) is 0 Å². The number of carbonyl (C=O) groups excluding carboxylic acids is 1. The maximum atomic E-state index is 12.2. The summed E-state index contributed by atoms with van der Waals surface area (Å²) in [7, 11) is 0. The van der Waals surface area contributed by atoms with Gasteiger partial charge < -0.3 is 24.6 Å². The van der Waals surface area contributed by atoms with Crippen molar-refractivity contribution in [2.45, 2.75) is 32.0 Å². The average molecular weight is 391 g/mol. The molecule has 146 valence electrons. The first-order valence-electron chi connectivity index (χ1n) is 8.93. The molecule has 0 fully saturated rings. The minimum atomic E-state index is -0.294. The normalized spacial score (nSPS) is 15.7. The SMILES string of the molecule is CC1(C)Cc2cccc(OCC(=O)NC[C@@H](OCCO)c3ccsc3)c2O1. The summed E-state index contributed by atoms with van der Waals surface area (Å²) in [6, 6.07) is 7.68. The van der Waals surface area contributed by atoms with Gasteiger partial charge in [0.2, 0.25) is 0 Å². The molecule has 27 heavy (non-hydrogen) atoms. The topological polar surface area (TPSA) is 77.0 Å². The highest BCUT2D eigenvalue weighted by Crippen LogP contribution is 2.41. The van der Waals surface area contributed by atoms with Crippen LogP contribution in [0.1, 0.15) is 31.1 Å². The number of aliphatic hydroxyl groups excluding tert-OH is 1. The van der Waals surface area contributed by atoms with E-state index in [-0.39, 0.29) is 37.4 Å². The predicted molar refractivity (Wildman–Crippen MR) is 103 cm³/mol. The molecule has 6 nitrogen and oxygen atoms in total. The molecule has 0 spiro atoms. The van der Waals surface area contributed by atoms with Gasteiger partial charge in [-0.2, -0.15) is 11.3 Å². The molecule has 0 unspecified atom stereocenters. The second kappa shape index (κ2) is 8.73. The number of benzene rings is 1. The average Bonchev–Trinajstić information content (AvgIpc) is 3.26. The monoisotopic (exact) mass is 391 g/mol. The van der Waals surface area contributed by atoms with E-state index in [4.69, 9.17) is 19.3 Å². The molecular formula is C20H25NO5S. The second-order valence-electron chi connectivity index (χ2n) is 7.02. The van der Waals surface area contributed by atoms with Gasteiger partial charge in [-0.25, -0.2) is 0 Å². The number of para-hydroxylation sites is 1. The number of ether oxygens (including phenoxy) is 3. The highest BCUT2D eigenvalue weighted by atomic mass is 32.1. The highest BCUT2D eigenvalue weighted by Gasteiger charge is 2.32. The summed E-state index contributed by atoms with van der Waals surface area (Å²) in [6.45, 7) is 4.43. The van der Waals surface area contributed by atoms with Crippen molar-refractivity contribution in [3.8, 4) is 11.5 Å². The third-order valence-electron chi connectivity index (χ3n) is 4.22. The van der Waals surface area contributed by atoms with Gasteiger partial charge in [0.1, 0.15) is 11.7 Å². The summed E-state index contributed by atoms with van der Waals surface area (Å²) < 4.78 is 17.3. The quantitative estimate of drug-likeness (QED) is 0.687.